The van der Waals surface area contributed by atoms with Gasteiger partial charge in [0.1, 0.15) is 5.82 Å². The topological polar surface area (TPSA) is 26.0 Å². The van der Waals surface area contributed by atoms with E-state index in [2.05, 4.69) is 19.1 Å². The van der Waals surface area contributed by atoms with E-state index in [1.807, 2.05) is 24.3 Å². The molecule has 0 radical (unpaired) electrons. The molecule has 0 saturated heterocycles. The molecule has 0 aromatic heterocycles. The van der Waals surface area contributed by atoms with Gasteiger partial charge in [-0.15, -0.1) is 0 Å². The summed E-state index contributed by atoms with van der Waals surface area (Å²) in [6.45, 7) is 2.78. The summed E-state index contributed by atoms with van der Waals surface area (Å²) in [4.78, 5) is 0. The smallest absolute Gasteiger partial charge is 0.123 e. The monoisotopic (exact) mass is 257 g/mol. The van der Waals surface area contributed by atoms with E-state index in [0.29, 0.717) is 12.5 Å². The first-order valence-corrected chi connectivity index (χ1v) is 6.73. The summed E-state index contributed by atoms with van der Waals surface area (Å²) >= 11 is 0. The van der Waals surface area contributed by atoms with Crippen LogP contribution in [-0.4, -0.2) is 6.54 Å². The van der Waals surface area contributed by atoms with E-state index in [1.54, 1.807) is 12.1 Å². The lowest BCUT2D eigenvalue weighted by molar-refractivity contribution is 0.537. The van der Waals surface area contributed by atoms with Gasteiger partial charge in [-0.2, -0.15) is 0 Å². The fourth-order valence-corrected chi connectivity index (χ4v) is 2.61. The summed E-state index contributed by atoms with van der Waals surface area (Å²) in [6, 6.07) is 17.2. The van der Waals surface area contributed by atoms with Crippen LogP contribution >= 0.6 is 0 Å². The van der Waals surface area contributed by atoms with Crippen LogP contribution in [0.5, 0.6) is 0 Å². The largest absolute Gasteiger partial charge is 0.330 e. The maximum atomic E-state index is 13.4. The van der Waals surface area contributed by atoms with Crippen molar-refractivity contribution in [3.8, 4) is 0 Å². The summed E-state index contributed by atoms with van der Waals surface area (Å²) in [7, 11) is 0. The SMILES string of the molecule is CC(c1cccc(F)c1)C(CCN)c1ccccc1. The van der Waals surface area contributed by atoms with Crippen LogP contribution in [-0.2, 0) is 0 Å². The van der Waals surface area contributed by atoms with Gasteiger partial charge in [0.25, 0.3) is 0 Å². The van der Waals surface area contributed by atoms with Crippen LogP contribution in [0.1, 0.15) is 36.3 Å². The van der Waals surface area contributed by atoms with Crippen molar-refractivity contribution in [2.75, 3.05) is 6.54 Å². The highest BCUT2D eigenvalue weighted by molar-refractivity contribution is 5.28. The molecular formula is C17H20FN. The molecule has 0 aliphatic rings. The van der Waals surface area contributed by atoms with Crippen LogP contribution in [0.3, 0.4) is 0 Å². The molecule has 1 nitrogen and oxygen atoms in total. The Balaban J connectivity index is 2.29. The maximum absolute atomic E-state index is 13.4. The quantitative estimate of drug-likeness (QED) is 0.858. The van der Waals surface area contributed by atoms with Gasteiger partial charge in [-0.05, 0) is 48.1 Å². The standard InChI is InChI=1S/C17H20FN/c1-13(15-8-5-9-16(18)12-15)17(10-11-19)14-6-3-2-4-7-14/h2-9,12-13,17H,10-11,19H2,1H3. The Hall–Kier alpha value is -1.67. The molecule has 2 rings (SSSR count). The summed E-state index contributed by atoms with van der Waals surface area (Å²) < 4.78 is 13.4. The summed E-state index contributed by atoms with van der Waals surface area (Å²) in [5, 5.41) is 0. The zero-order valence-electron chi connectivity index (χ0n) is 11.2. The lowest BCUT2D eigenvalue weighted by Gasteiger charge is -2.24. The number of halogens is 1. The molecule has 0 spiro atoms. The molecule has 0 amide bonds. The first kappa shape index (κ1) is 13.8. The molecule has 2 aromatic carbocycles. The Kier molecular flexibility index (Phi) is 4.69. The van der Waals surface area contributed by atoms with Crippen LogP contribution in [0.2, 0.25) is 0 Å². The second-order valence-corrected chi connectivity index (χ2v) is 4.94. The minimum atomic E-state index is -0.177. The van der Waals surface area contributed by atoms with Crippen LogP contribution in [0.4, 0.5) is 4.39 Å². The molecule has 2 unspecified atom stereocenters. The van der Waals surface area contributed by atoms with Crippen molar-refractivity contribution in [2.45, 2.75) is 25.2 Å². The van der Waals surface area contributed by atoms with E-state index >= 15 is 0 Å². The predicted octanol–water partition coefficient (Wildman–Crippen LogP) is 4.06. The highest BCUT2D eigenvalue weighted by Gasteiger charge is 2.20. The molecule has 0 saturated carbocycles. The number of hydrogen-bond acceptors (Lipinski definition) is 1. The van der Waals surface area contributed by atoms with Gasteiger partial charge in [-0.25, -0.2) is 4.39 Å². The van der Waals surface area contributed by atoms with Gasteiger partial charge >= 0.3 is 0 Å². The normalized spacial score (nSPS) is 14.1. The zero-order chi connectivity index (χ0) is 13.7. The molecule has 2 heteroatoms. The number of nitrogens with two attached hydrogens (primary N) is 1. The summed E-state index contributed by atoms with van der Waals surface area (Å²) in [5.41, 5.74) is 8.04. The van der Waals surface area contributed by atoms with Crippen molar-refractivity contribution in [1.29, 1.82) is 0 Å². The van der Waals surface area contributed by atoms with E-state index < -0.39 is 0 Å². The average molecular weight is 257 g/mol. The van der Waals surface area contributed by atoms with Crippen LogP contribution in [0, 0.1) is 5.82 Å². The number of rotatable bonds is 5. The van der Waals surface area contributed by atoms with Crippen LogP contribution in [0.15, 0.2) is 54.6 Å². The van der Waals surface area contributed by atoms with E-state index in [9.17, 15) is 4.39 Å². The third-order valence-electron chi connectivity index (χ3n) is 3.68. The van der Waals surface area contributed by atoms with Crippen molar-refractivity contribution < 1.29 is 4.39 Å². The summed E-state index contributed by atoms with van der Waals surface area (Å²) in [6.07, 6.45) is 0.904. The van der Waals surface area contributed by atoms with Crippen molar-refractivity contribution >= 4 is 0 Å². The Bertz CT molecular complexity index is 510. The van der Waals surface area contributed by atoms with Crippen molar-refractivity contribution in [2.24, 2.45) is 5.73 Å². The predicted molar refractivity (Wildman–Crippen MR) is 77.7 cm³/mol. The van der Waals surface area contributed by atoms with Crippen molar-refractivity contribution in [1.82, 2.24) is 0 Å². The lowest BCUT2D eigenvalue weighted by Crippen LogP contribution is -2.13. The molecule has 0 fully saturated rings. The van der Waals surface area contributed by atoms with Gasteiger partial charge in [-0.3, -0.25) is 0 Å². The molecule has 0 aliphatic carbocycles. The molecule has 0 bridgehead atoms. The second-order valence-electron chi connectivity index (χ2n) is 4.94. The van der Waals surface area contributed by atoms with E-state index in [-0.39, 0.29) is 11.7 Å². The fourth-order valence-electron chi connectivity index (χ4n) is 2.61. The van der Waals surface area contributed by atoms with Gasteiger partial charge < -0.3 is 5.73 Å². The minimum Gasteiger partial charge on any atom is -0.330 e. The number of benzene rings is 2. The van der Waals surface area contributed by atoms with E-state index in [1.165, 1.54) is 11.6 Å². The van der Waals surface area contributed by atoms with Crippen molar-refractivity contribution in [3.63, 3.8) is 0 Å². The van der Waals surface area contributed by atoms with Crippen LogP contribution in [0.25, 0.3) is 0 Å². The van der Waals surface area contributed by atoms with Crippen molar-refractivity contribution in [3.05, 3.63) is 71.5 Å². The van der Waals surface area contributed by atoms with Gasteiger partial charge in [0.05, 0.1) is 0 Å². The Morgan fingerprint density at radius 3 is 2.32 bits per heavy atom. The Morgan fingerprint density at radius 2 is 1.68 bits per heavy atom. The minimum absolute atomic E-state index is 0.177. The maximum Gasteiger partial charge on any atom is 0.123 e. The van der Waals surface area contributed by atoms with Gasteiger partial charge in [0.2, 0.25) is 0 Å². The third kappa shape index (κ3) is 3.42. The first-order valence-electron chi connectivity index (χ1n) is 6.73. The lowest BCUT2D eigenvalue weighted by atomic mass is 9.80. The highest BCUT2D eigenvalue weighted by Crippen LogP contribution is 2.35. The molecule has 100 valence electrons. The molecule has 2 N–H and O–H groups in total. The number of hydrogen-bond donors (Lipinski definition) is 1. The van der Waals surface area contributed by atoms with E-state index in [4.69, 9.17) is 5.73 Å². The molecule has 0 aliphatic heterocycles. The zero-order valence-corrected chi connectivity index (χ0v) is 11.2. The molecule has 2 aromatic rings. The van der Waals surface area contributed by atoms with E-state index in [0.717, 1.165) is 12.0 Å². The molecular weight excluding hydrogens is 237 g/mol. The molecule has 2 atom stereocenters. The van der Waals surface area contributed by atoms with Gasteiger partial charge in [-0.1, -0.05) is 49.4 Å². The van der Waals surface area contributed by atoms with Gasteiger partial charge in [0.15, 0.2) is 0 Å². The van der Waals surface area contributed by atoms with Gasteiger partial charge in [0, 0.05) is 0 Å². The highest BCUT2D eigenvalue weighted by atomic mass is 19.1. The average Bonchev–Trinajstić information content (AvgIpc) is 2.45. The Morgan fingerprint density at radius 1 is 1.00 bits per heavy atom. The first-order chi connectivity index (χ1) is 9.22. The molecule has 0 heterocycles. The fraction of sp³-hybridized carbons (Fsp3) is 0.294. The second kappa shape index (κ2) is 6.48. The molecule has 19 heavy (non-hydrogen) atoms. The summed E-state index contributed by atoms with van der Waals surface area (Å²) in [5.74, 6) is 0.401. The van der Waals surface area contributed by atoms with Crippen LogP contribution < -0.4 is 5.73 Å². The third-order valence-corrected chi connectivity index (χ3v) is 3.68. The Labute approximate surface area is 114 Å².